The smallest absolute Gasteiger partial charge is 0.252 e. The third-order valence-electron chi connectivity index (χ3n) is 3.23. The summed E-state index contributed by atoms with van der Waals surface area (Å²) in [5.41, 5.74) is 0.142. The number of carbonyl (C=O) groups is 1. The lowest BCUT2D eigenvalue weighted by atomic mass is 10.2. The van der Waals surface area contributed by atoms with E-state index in [1.807, 2.05) is 30.3 Å². The summed E-state index contributed by atoms with van der Waals surface area (Å²) in [5.74, 6) is 0.359. The minimum atomic E-state index is -3.39. The van der Waals surface area contributed by atoms with Crippen molar-refractivity contribution in [1.82, 2.24) is 5.32 Å². The first-order chi connectivity index (χ1) is 11.4. The molecule has 0 unspecified atom stereocenters. The zero-order valence-electron chi connectivity index (χ0n) is 13.2. The molecule has 0 spiro atoms. The first-order valence-corrected chi connectivity index (χ1v) is 9.60. The molecular weight excluding hydrogens is 350 g/mol. The molecule has 0 saturated heterocycles. The number of amides is 1. The average Bonchev–Trinajstić information content (AvgIpc) is 2.54. The van der Waals surface area contributed by atoms with Crippen LogP contribution in [-0.2, 0) is 9.84 Å². The van der Waals surface area contributed by atoms with Crippen LogP contribution in [0.15, 0.2) is 53.4 Å². The molecular formula is C17H18ClNO4S. The lowest BCUT2D eigenvalue weighted by molar-refractivity contribution is 0.0951. The van der Waals surface area contributed by atoms with Crippen molar-refractivity contribution in [2.45, 2.75) is 11.3 Å². The molecule has 0 aliphatic carbocycles. The molecule has 2 aromatic carbocycles. The first-order valence-electron chi connectivity index (χ1n) is 7.33. The SMILES string of the molecule is CS(=O)(=O)c1ccc(Cl)c(C(=O)NCCCOc2ccccc2)c1. The van der Waals surface area contributed by atoms with Crippen LogP contribution in [0.3, 0.4) is 0 Å². The van der Waals surface area contributed by atoms with Gasteiger partial charge in [-0.15, -0.1) is 0 Å². The summed E-state index contributed by atoms with van der Waals surface area (Å²) in [4.78, 5) is 12.2. The zero-order valence-corrected chi connectivity index (χ0v) is 14.7. The number of sulfone groups is 1. The van der Waals surface area contributed by atoms with Crippen molar-refractivity contribution < 1.29 is 17.9 Å². The number of benzene rings is 2. The number of para-hydroxylation sites is 1. The minimum absolute atomic E-state index is 0.0597. The van der Waals surface area contributed by atoms with E-state index in [0.29, 0.717) is 19.6 Å². The Morgan fingerprint density at radius 2 is 1.88 bits per heavy atom. The van der Waals surface area contributed by atoms with Crippen molar-refractivity contribution in [3.8, 4) is 5.75 Å². The number of rotatable bonds is 7. The van der Waals surface area contributed by atoms with Crippen LogP contribution in [0.25, 0.3) is 0 Å². The van der Waals surface area contributed by atoms with E-state index in [9.17, 15) is 13.2 Å². The Balaban J connectivity index is 1.86. The van der Waals surface area contributed by atoms with Crippen molar-refractivity contribution in [2.24, 2.45) is 0 Å². The van der Waals surface area contributed by atoms with Gasteiger partial charge in [-0.2, -0.15) is 0 Å². The zero-order chi connectivity index (χ0) is 17.6. The summed E-state index contributed by atoms with van der Waals surface area (Å²) < 4.78 is 28.6. The molecule has 2 rings (SSSR count). The second-order valence-corrected chi connectivity index (χ2v) is 7.61. The van der Waals surface area contributed by atoms with Crippen LogP contribution in [0.1, 0.15) is 16.8 Å². The molecule has 0 aromatic heterocycles. The first kappa shape index (κ1) is 18.3. The second kappa shape index (κ2) is 8.17. The highest BCUT2D eigenvalue weighted by Gasteiger charge is 2.15. The van der Waals surface area contributed by atoms with Gasteiger partial charge in [-0.1, -0.05) is 29.8 Å². The predicted octanol–water partition coefficient (Wildman–Crippen LogP) is 2.94. The van der Waals surface area contributed by atoms with E-state index in [1.165, 1.54) is 18.2 Å². The maximum atomic E-state index is 12.1. The van der Waals surface area contributed by atoms with Crippen LogP contribution in [-0.4, -0.2) is 33.7 Å². The predicted molar refractivity (Wildman–Crippen MR) is 93.4 cm³/mol. The third-order valence-corrected chi connectivity index (χ3v) is 4.67. The molecule has 1 N–H and O–H groups in total. The molecule has 7 heteroatoms. The van der Waals surface area contributed by atoms with E-state index in [-0.39, 0.29) is 15.5 Å². The molecule has 0 aliphatic rings. The number of carbonyl (C=O) groups excluding carboxylic acids is 1. The van der Waals surface area contributed by atoms with Crippen LogP contribution in [0.5, 0.6) is 5.75 Å². The normalized spacial score (nSPS) is 11.1. The number of hydrogen-bond acceptors (Lipinski definition) is 4. The topological polar surface area (TPSA) is 72.5 Å². The van der Waals surface area contributed by atoms with Gasteiger partial charge in [0.2, 0.25) is 0 Å². The molecule has 2 aromatic rings. The quantitative estimate of drug-likeness (QED) is 0.764. The lowest BCUT2D eigenvalue weighted by Crippen LogP contribution is -2.26. The van der Waals surface area contributed by atoms with Crippen LogP contribution in [0, 0.1) is 0 Å². The van der Waals surface area contributed by atoms with E-state index >= 15 is 0 Å². The Kier molecular flexibility index (Phi) is 6.23. The molecule has 0 aliphatic heterocycles. The van der Waals surface area contributed by atoms with E-state index in [2.05, 4.69) is 5.32 Å². The molecule has 5 nitrogen and oxygen atoms in total. The molecule has 0 bridgehead atoms. The molecule has 0 atom stereocenters. The van der Waals surface area contributed by atoms with Crippen molar-refractivity contribution in [1.29, 1.82) is 0 Å². The fourth-order valence-electron chi connectivity index (χ4n) is 1.99. The monoisotopic (exact) mass is 367 g/mol. The fourth-order valence-corrected chi connectivity index (χ4v) is 2.84. The summed E-state index contributed by atoms with van der Waals surface area (Å²) in [6.45, 7) is 0.854. The Labute approximate surface area is 146 Å². The van der Waals surface area contributed by atoms with Gasteiger partial charge in [0.15, 0.2) is 9.84 Å². The number of hydrogen-bond donors (Lipinski definition) is 1. The van der Waals surface area contributed by atoms with Crippen LogP contribution in [0.4, 0.5) is 0 Å². The van der Waals surface area contributed by atoms with Gasteiger partial charge in [0.05, 0.1) is 22.1 Å². The van der Waals surface area contributed by atoms with Gasteiger partial charge in [0.25, 0.3) is 5.91 Å². The summed E-state index contributed by atoms with van der Waals surface area (Å²) in [6.07, 6.45) is 1.70. The highest BCUT2D eigenvalue weighted by molar-refractivity contribution is 7.90. The van der Waals surface area contributed by atoms with E-state index in [0.717, 1.165) is 12.0 Å². The van der Waals surface area contributed by atoms with E-state index < -0.39 is 15.7 Å². The third kappa shape index (κ3) is 5.25. The maximum Gasteiger partial charge on any atom is 0.252 e. The van der Waals surface area contributed by atoms with Gasteiger partial charge < -0.3 is 10.1 Å². The van der Waals surface area contributed by atoms with Crippen molar-refractivity contribution in [3.05, 3.63) is 59.1 Å². The number of ether oxygens (including phenoxy) is 1. The summed E-state index contributed by atoms with van der Waals surface area (Å²) >= 11 is 5.98. The molecule has 24 heavy (non-hydrogen) atoms. The number of halogens is 1. The Morgan fingerprint density at radius 1 is 1.17 bits per heavy atom. The molecule has 1 amide bonds. The van der Waals surface area contributed by atoms with Gasteiger partial charge in [-0.3, -0.25) is 4.79 Å². The van der Waals surface area contributed by atoms with Crippen LogP contribution >= 0.6 is 11.6 Å². The van der Waals surface area contributed by atoms with Crippen molar-refractivity contribution in [3.63, 3.8) is 0 Å². The summed E-state index contributed by atoms with van der Waals surface area (Å²) in [6, 6.07) is 13.5. The molecule has 0 heterocycles. The van der Waals surface area contributed by atoms with Gasteiger partial charge in [0, 0.05) is 12.8 Å². The largest absolute Gasteiger partial charge is 0.494 e. The van der Waals surface area contributed by atoms with Gasteiger partial charge >= 0.3 is 0 Å². The molecule has 0 fully saturated rings. The van der Waals surface area contributed by atoms with Gasteiger partial charge in [-0.25, -0.2) is 8.42 Å². The van der Waals surface area contributed by atoms with Crippen molar-refractivity contribution >= 4 is 27.3 Å². The van der Waals surface area contributed by atoms with Crippen molar-refractivity contribution in [2.75, 3.05) is 19.4 Å². The lowest BCUT2D eigenvalue weighted by Gasteiger charge is -2.09. The number of nitrogens with one attached hydrogen (secondary N) is 1. The highest BCUT2D eigenvalue weighted by Crippen LogP contribution is 2.20. The standard InChI is InChI=1S/C17H18ClNO4S/c1-24(21,22)14-8-9-16(18)15(12-14)17(20)19-10-5-11-23-13-6-3-2-4-7-13/h2-4,6-9,12H,5,10-11H2,1H3,(H,19,20). The van der Waals surface area contributed by atoms with Gasteiger partial charge in [-0.05, 0) is 36.8 Å². The van der Waals surface area contributed by atoms with E-state index in [1.54, 1.807) is 0 Å². The maximum absolute atomic E-state index is 12.1. The fraction of sp³-hybridized carbons (Fsp3) is 0.235. The Morgan fingerprint density at radius 3 is 2.54 bits per heavy atom. The Bertz CT molecular complexity index is 807. The second-order valence-electron chi connectivity index (χ2n) is 5.18. The molecule has 0 saturated carbocycles. The minimum Gasteiger partial charge on any atom is -0.494 e. The van der Waals surface area contributed by atoms with Gasteiger partial charge in [0.1, 0.15) is 5.75 Å². The average molecular weight is 368 g/mol. The van der Waals surface area contributed by atoms with Crippen LogP contribution < -0.4 is 10.1 Å². The van der Waals surface area contributed by atoms with E-state index in [4.69, 9.17) is 16.3 Å². The van der Waals surface area contributed by atoms with Crippen LogP contribution in [0.2, 0.25) is 5.02 Å². The summed E-state index contributed by atoms with van der Waals surface area (Å²) in [5, 5.41) is 2.92. The Hall–Kier alpha value is -2.05. The molecule has 0 radical (unpaired) electrons. The summed E-state index contributed by atoms with van der Waals surface area (Å²) in [7, 11) is -3.39. The highest BCUT2D eigenvalue weighted by atomic mass is 35.5. The molecule has 128 valence electrons.